The number of thiazole rings is 1. The first-order valence-corrected chi connectivity index (χ1v) is 31.5. The SMILES string of the molecule is C=C(OCC)c1c(C2CC3CCC(C2)N3C(=O)O)nc2c(-c3cnc(CO[Si](C)(C)C(C)(C)C)s3)cnn2c1N(COCC[Si](C)(C)C)COCC[Si](C)(C)C. The van der Waals surface area contributed by atoms with Crippen LogP contribution in [0.1, 0.15) is 75.6 Å². The summed E-state index contributed by atoms with van der Waals surface area (Å²) >= 11 is 1.61. The first kappa shape index (κ1) is 44.5. The molecule has 2 atom stereocenters. The van der Waals surface area contributed by atoms with E-state index in [-0.39, 0.29) is 36.5 Å². The Morgan fingerprint density at radius 1 is 0.982 bits per heavy atom. The van der Waals surface area contributed by atoms with Gasteiger partial charge in [0.15, 0.2) is 14.0 Å². The minimum Gasteiger partial charge on any atom is -0.494 e. The monoisotopic (exact) mass is 844 g/mol. The Morgan fingerprint density at radius 2 is 1.57 bits per heavy atom. The summed E-state index contributed by atoms with van der Waals surface area (Å²) in [5.74, 6) is 1.25. The molecule has 0 spiro atoms. The number of ether oxygens (including phenoxy) is 3. The fourth-order valence-corrected chi connectivity index (χ4v) is 10.6. The quantitative estimate of drug-likeness (QED) is 0.0540. The van der Waals surface area contributed by atoms with E-state index in [0.717, 1.165) is 57.5 Å². The van der Waals surface area contributed by atoms with Gasteiger partial charge >= 0.3 is 6.09 Å². The second kappa shape index (κ2) is 17.7. The summed E-state index contributed by atoms with van der Waals surface area (Å²) in [4.78, 5) is 27.4. The van der Waals surface area contributed by atoms with Crippen LogP contribution in [0.15, 0.2) is 19.0 Å². The number of hydrogen-bond donors (Lipinski definition) is 1. The van der Waals surface area contributed by atoms with Crippen LogP contribution < -0.4 is 4.90 Å². The van der Waals surface area contributed by atoms with Gasteiger partial charge in [0.25, 0.3) is 0 Å². The molecule has 12 nitrogen and oxygen atoms in total. The lowest BCUT2D eigenvalue weighted by Crippen LogP contribution is -2.45. The summed E-state index contributed by atoms with van der Waals surface area (Å²) in [5.41, 5.74) is 3.21. The fourth-order valence-electron chi connectivity index (χ4n) is 7.21. The van der Waals surface area contributed by atoms with Crippen molar-refractivity contribution in [1.29, 1.82) is 0 Å². The third kappa shape index (κ3) is 10.7. The number of fused-ring (bicyclic) bond motifs is 3. The molecule has 1 amide bonds. The van der Waals surface area contributed by atoms with Crippen LogP contribution in [0.3, 0.4) is 0 Å². The van der Waals surface area contributed by atoms with Gasteiger partial charge < -0.3 is 33.5 Å². The summed E-state index contributed by atoms with van der Waals surface area (Å²) in [6, 6.07) is 1.95. The predicted molar refractivity (Wildman–Crippen MR) is 236 cm³/mol. The molecular weight excluding hydrogens is 777 g/mol. The minimum atomic E-state index is -1.97. The van der Waals surface area contributed by atoms with Crippen molar-refractivity contribution >= 4 is 59.1 Å². The van der Waals surface area contributed by atoms with Crippen LogP contribution in [0.2, 0.25) is 69.5 Å². The zero-order chi connectivity index (χ0) is 41.2. The van der Waals surface area contributed by atoms with Crippen LogP contribution in [0, 0.1) is 0 Å². The highest BCUT2D eigenvalue weighted by Crippen LogP contribution is 2.47. The molecule has 2 aliphatic rings. The highest BCUT2D eigenvalue weighted by atomic mass is 32.1. The van der Waals surface area contributed by atoms with E-state index in [1.54, 1.807) is 16.2 Å². The number of nitrogens with zero attached hydrogens (tertiary/aromatic N) is 6. The Balaban J connectivity index is 1.65. The molecule has 2 bridgehead atoms. The summed E-state index contributed by atoms with van der Waals surface area (Å²) in [7, 11) is -4.66. The number of anilines is 1. The Kier molecular flexibility index (Phi) is 14.1. The minimum absolute atomic E-state index is 0.0146. The van der Waals surface area contributed by atoms with E-state index in [2.05, 4.69) is 84.6 Å². The van der Waals surface area contributed by atoms with Crippen LogP contribution in [-0.4, -0.2) is 106 Å². The molecule has 0 saturated carbocycles. The van der Waals surface area contributed by atoms with Crippen molar-refractivity contribution in [2.45, 2.75) is 147 Å². The van der Waals surface area contributed by atoms with Crippen molar-refractivity contribution in [2.75, 3.05) is 38.2 Å². The Labute approximate surface area is 342 Å². The first-order chi connectivity index (χ1) is 26.1. The number of rotatable bonds is 19. The van der Waals surface area contributed by atoms with Gasteiger partial charge in [-0.05, 0) is 62.8 Å². The molecule has 2 unspecified atom stereocenters. The van der Waals surface area contributed by atoms with Crippen LogP contribution in [-0.2, 0) is 25.2 Å². The van der Waals surface area contributed by atoms with Gasteiger partial charge in [0, 0.05) is 53.6 Å². The van der Waals surface area contributed by atoms with Crippen molar-refractivity contribution in [3.63, 3.8) is 0 Å². The normalized spacial score (nSPS) is 19.2. The van der Waals surface area contributed by atoms with Gasteiger partial charge in [0.1, 0.15) is 30.0 Å². The average molecular weight is 845 g/mol. The van der Waals surface area contributed by atoms with Crippen molar-refractivity contribution in [3.05, 3.63) is 35.2 Å². The van der Waals surface area contributed by atoms with E-state index in [9.17, 15) is 9.90 Å². The topological polar surface area (TPSA) is 124 Å². The molecule has 1 N–H and O–H groups in total. The molecule has 0 aliphatic carbocycles. The molecule has 2 aliphatic heterocycles. The molecule has 0 radical (unpaired) electrons. The third-order valence-electron chi connectivity index (χ3n) is 11.6. The molecule has 0 aromatic carbocycles. The summed E-state index contributed by atoms with van der Waals surface area (Å²) in [6.45, 7) is 34.6. The second-order valence-electron chi connectivity index (χ2n) is 19.5. The van der Waals surface area contributed by atoms with Crippen molar-refractivity contribution in [3.8, 4) is 10.4 Å². The number of piperidine rings is 1. The van der Waals surface area contributed by atoms with E-state index in [4.69, 9.17) is 33.7 Å². The van der Waals surface area contributed by atoms with E-state index >= 15 is 0 Å². The van der Waals surface area contributed by atoms with Gasteiger partial charge in [-0.2, -0.15) is 9.61 Å². The molecule has 312 valence electrons. The maximum absolute atomic E-state index is 12.4. The Hall–Kier alpha value is -2.61. The number of amides is 1. The Morgan fingerprint density at radius 3 is 2.09 bits per heavy atom. The maximum atomic E-state index is 12.4. The van der Waals surface area contributed by atoms with Gasteiger partial charge in [-0.25, -0.2) is 14.8 Å². The molecule has 3 aromatic rings. The molecule has 5 rings (SSSR count). The zero-order valence-electron chi connectivity index (χ0n) is 36.2. The average Bonchev–Trinajstić information content (AvgIpc) is 3.80. The lowest BCUT2D eigenvalue weighted by Gasteiger charge is -2.38. The van der Waals surface area contributed by atoms with Crippen LogP contribution >= 0.6 is 11.3 Å². The summed E-state index contributed by atoms with van der Waals surface area (Å²) < 4.78 is 27.6. The molecule has 2 fully saturated rings. The second-order valence-corrected chi connectivity index (χ2v) is 36.7. The molecule has 56 heavy (non-hydrogen) atoms. The third-order valence-corrected chi connectivity index (χ3v) is 20.4. The molecule has 2 saturated heterocycles. The van der Waals surface area contributed by atoms with E-state index in [0.29, 0.717) is 50.7 Å². The summed E-state index contributed by atoms with van der Waals surface area (Å²) in [6.07, 6.45) is 6.00. The van der Waals surface area contributed by atoms with Crippen LogP contribution in [0.5, 0.6) is 0 Å². The smallest absolute Gasteiger partial charge is 0.407 e. The number of aromatic nitrogens is 4. The van der Waals surface area contributed by atoms with Crippen molar-refractivity contribution in [1.82, 2.24) is 24.5 Å². The number of carboxylic acid groups (broad SMARTS) is 1. The summed E-state index contributed by atoms with van der Waals surface area (Å²) in [5, 5.41) is 16.2. The van der Waals surface area contributed by atoms with Gasteiger partial charge in [-0.1, -0.05) is 66.6 Å². The molecule has 3 aromatic heterocycles. The van der Waals surface area contributed by atoms with Crippen molar-refractivity contribution < 1.29 is 28.5 Å². The number of carbonyl (C=O) groups is 1. The van der Waals surface area contributed by atoms with E-state index < -0.39 is 30.6 Å². The van der Waals surface area contributed by atoms with Gasteiger partial charge in [-0.15, -0.1) is 11.3 Å². The molecular formula is C40H68N6O6SSi3. The maximum Gasteiger partial charge on any atom is 0.407 e. The van der Waals surface area contributed by atoms with E-state index in [1.165, 1.54) is 0 Å². The first-order valence-electron chi connectivity index (χ1n) is 20.3. The van der Waals surface area contributed by atoms with Gasteiger partial charge in [0.05, 0.1) is 41.1 Å². The van der Waals surface area contributed by atoms with Crippen molar-refractivity contribution in [2.24, 2.45) is 0 Å². The highest BCUT2D eigenvalue weighted by Gasteiger charge is 2.45. The van der Waals surface area contributed by atoms with E-state index in [1.807, 2.05) is 23.8 Å². The van der Waals surface area contributed by atoms with Crippen LogP contribution in [0.4, 0.5) is 10.6 Å². The zero-order valence-corrected chi connectivity index (χ0v) is 40.0. The largest absolute Gasteiger partial charge is 0.494 e. The number of hydrogen-bond acceptors (Lipinski definition) is 10. The molecule has 5 heterocycles. The van der Waals surface area contributed by atoms with Gasteiger partial charge in [0.2, 0.25) is 0 Å². The Bertz CT molecular complexity index is 1790. The fraction of sp³-hybridized carbons (Fsp3) is 0.700. The lowest BCUT2D eigenvalue weighted by atomic mass is 9.85. The predicted octanol–water partition coefficient (Wildman–Crippen LogP) is 10.2. The molecule has 16 heteroatoms. The lowest BCUT2D eigenvalue weighted by molar-refractivity contribution is 0.0932. The van der Waals surface area contributed by atoms with Crippen LogP contribution in [0.25, 0.3) is 21.8 Å². The highest BCUT2D eigenvalue weighted by molar-refractivity contribution is 7.15. The standard InChI is InChI=1S/C40H68N6O6SSi3/c1-14-51-28(2)35-36(29-21-30-15-16-31(22-29)45(30)39(47)48)43-37-32(33-24-41-34(53-33)25-52-56(12,13)40(3,4)5)23-42-46(37)38(35)44(26-49-17-19-54(6,7)8)27-50-18-20-55(9,10)11/h23-24,29-31H,2,14-22,25-27H2,1,3-13H3,(H,47,48). The van der Waals surface area contributed by atoms with Gasteiger partial charge in [-0.3, -0.25) is 0 Å².